The zero-order valence-corrected chi connectivity index (χ0v) is 8.96. The summed E-state index contributed by atoms with van der Waals surface area (Å²) in [6, 6.07) is 10.8. The Bertz CT molecular complexity index is 300. The second kappa shape index (κ2) is 4.07. The maximum atomic E-state index is 2.47. The lowest BCUT2D eigenvalue weighted by atomic mass is 10.1. The first-order valence-corrected chi connectivity index (χ1v) is 6.41. The minimum absolute atomic E-state index is 0.857. The molecule has 2 atom stereocenters. The Morgan fingerprint density at radius 2 is 2.00 bits per heavy atom. The van der Waals surface area contributed by atoms with Gasteiger partial charge in [0.05, 0.1) is 0 Å². The number of hydrogen-bond donors (Lipinski definition) is 0. The summed E-state index contributed by atoms with van der Waals surface area (Å²) in [5.41, 5.74) is 3.83. The number of allylic oxidation sites excluding steroid dienone is 2. The average molecular weight is 190 g/mol. The Morgan fingerprint density at radius 3 is 2.62 bits per heavy atom. The summed E-state index contributed by atoms with van der Waals surface area (Å²) in [6.45, 7) is 2.30. The first-order valence-electron chi connectivity index (χ1n) is 4.83. The maximum absolute atomic E-state index is 2.47. The third-order valence-electron chi connectivity index (χ3n) is 2.64. The predicted octanol–water partition coefficient (Wildman–Crippen LogP) is 3.54. The zero-order chi connectivity index (χ0) is 9.10. The van der Waals surface area contributed by atoms with E-state index in [2.05, 4.69) is 43.1 Å². The van der Waals surface area contributed by atoms with Crippen LogP contribution in [0.1, 0.15) is 18.4 Å². The van der Waals surface area contributed by atoms with Gasteiger partial charge >= 0.3 is 0 Å². The highest BCUT2D eigenvalue weighted by molar-refractivity contribution is 7.38. The first-order chi connectivity index (χ1) is 6.40. The van der Waals surface area contributed by atoms with Gasteiger partial charge in [0, 0.05) is 0 Å². The van der Waals surface area contributed by atoms with E-state index in [9.17, 15) is 0 Å². The molecule has 1 heteroatoms. The SMILES string of the molecule is CPC1C=C(c2ccccc2)CC1. The van der Waals surface area contributed by atoms with E-state index in [1.165, 1.54) is 18.4 Å². The van der Waals surface area contributed by atoms with Crippen molar-refractivity contribution in [2.75, 3.05) is 6.66 Å². The van der Waals surface area contributed by atoms with Gasteiger partial charge in [-0.25, -0.2) is 0 Å². The van der Waals surface area contributed by atoms with Gasteiger partial charge in [-0.1, -0.05) is 36.4 Å². The quantitative estimate of drug-likeness (QED) is 0.626. The molecular weight excluding hydrogens is 175 g/mol. The summed E-state index contributed by atoms with van der Waals surface area (Å²) in [5, 5.41) is 0. The molecule has 1 aromatic carbocycles. The summed E-state index contributed by atoms with van der Waals surface area (Å²) >= 11 is 0. The van der Waals surface area contributed by atoms with Crippen molar-refractivity contribution in [3.63, 3.8) is 0 Å². The van der Waals surface area contributed by atoms with Crippen LogP contribution in [-0.2, 0) is 0 Å². The van der Waals surface area contributed by atoms with E-state index in [-0.39, 0.29) is 0 Å². The van der Waals surface area contributed by atoms with Gasteiger partial charge in [-0.05, 0) is 36.3 Å². The molecule has 0 spiro atoms. The fourth-order valence-corrected chi connectivity index (χ4v) is 2.64. The highest BCUT2D eigenvalue weighted by Gasteiger charge is 2.14. The Morgan fingerprint density at radius 1 is 1.23 bits per heavy atom. The van der Waals surface area contributed by atoms with Gasteiger partial charge < -0.3 is 0 Å². The standard InChI is InChI=1S/C12H15P/c1-13-12-8-7-11(9-12)10-5-3-2-4-6-10/h2-6,9,12-13H,7-8H2,1H3. The van der Waals surface area contributed by atoms with Gasteiger partial charge in [0.2, 0.25) is 0 Å². The molecule has 0 N–H and O–H groups in total. The summed E-state index contributed by atoms with van der Waals surface area (Å²) in [7, 11) is 1.07. The third kappa shape index (κ3) is 2.00. The molecule has 1 aliphatic carbocycles. The maximum Gasteiger partial charge on any atom is -0.00505 e. The molecule has 0 saturated carbocycles. The molecule has 0 aromatic heterocycles. The van der Waals surface area contributed by atoms with E-state index in [1.807, 2.05) is 0 Å². The molecule has 13 heavy (non-hydrogen) atoms. The second-order valence-electron chi connectivity index (χ2n) is 3.49. The van der Waals surface area contributed by atoms with Gasteiger partial charge in [-0.2, -0.15) is 0 Å². The van der Waals surface area contributed by atoms with Crippen LogP contribution in [-0.4, -0.2) is 12.3 Å². The van der Waals surface area contributed by atoms with Crippen molar-refractivity contribution in [1.82, 2.24) is 0 Å². The van der Waals surface area contributed by atoms with E-state index in [0.717, 1.165) is 14.2 Å². The molecule has 68 valence electrons. The summed E-state index contributed by atoms with van der Waals surface area (Å²) in [6.07, 6.45) is 5.10. The van der Waals surface area contributed by atoms with Crippen molar-refractivity contribution in [1.29, 1.82) is 0 Å². The van der Waals surface area contributed by atoms with Crippen LogP contribution in [0.2, 0.25) is 0 Å². The topological polar surface area (TPSA) is 0 Å². The molecule has 0 fully saturated rings. The minimum atomic E-state index is 0.857. The van der Waals surface area contributed by atoms with Crippen molar-refractivity contribution in [3.8, 4) is 0 Å². The fourth-order valence-electron chi connectivity index (χ4n) is 1.84. The minimum Gasteiger partial charge on any atom is -0.118 e. The lowest BCUT2D eigenvalue weighted by Gasteiger charge is -1.99. The molecule has 0 radical (unpaired) electrons. The van der Waals surface area contributed by atoms with Crippen molar-refractivity contribution >= 4 is 14.2 Å². The van der Waals surface area contributed by atoms with E-state index < -0.39 is 0 Å². The summed E-state index contributed by atoms with van der Waals surface area (Å²) in [5.74, 6) is 0. The molecular formula is C12H15P. The smallest absolute Gasteiger partial charge is 0.00505 e. The van der Waals surface area contributed by atoms with E-state index in [4.69, 9.17) is 0 Å². The predicted molar refractivity (Wildman–Crippen MR) is 61.7 cm³/mol. The van der Waals surface area contributed by atoms with Gasteiger partial charge in [0.15, 0.2) is 0 Å². The number of rotatable bonds is 2. The number of benzene rings is 1. The van der Waals surface area contributed by atoms with Gasteiger partial charge in [0.1, 0.15) is 0 Å². The fraction of sp³-hybridized carbons (Fsp3) is 0.333. The lowest BCUT2D eigenvalue weighted by molar-refractivity contribution is 0.947. The molecule has 0 bridgehead atoms. The average Bonchev–Trinajstić information content (AvgIpc) is 2.67. The highest BCUT2D eigenvalue weighted by Crippen LogP contribution is 2.35. The molecule has 2 rings (SSSR count). The monoisotopic (exact) mass is 190 g/mol. The molecule has 1 aliphatic rings. The molecule has 0 saturated heterocycles. The third-order valence-corrected chi connectivity index (χ3v) is 3.84. The number of hydrogen-bond acceptors (Lipinski definition) is 0. The highest BCUT2D eigenvalue weighted by atomic mass is 31.1. The van der Waals surface area contributed by atoms with Crippen LogP contribution in [0.4, 0.5) is 0 Å². The van der Waals surface area contributed by atoms with Crippen LogP contribution >= 0.6 is 8.58 Å². The van der Waals surface area contributed by atoms with Gasteiger partial charge in [0.25, 0.3) is 0 Å². The Kier molecular flexibility index (Phi) is 2.80. The molecule has 0 nitrogen and oxygen atoms in total. The van der Waals surface area contributed by atoms with E-state index >= 15 is 0 Å². The molecule has 0 heterocycles. The Hall–Kier alpha value is -0.610. The van der Waals surface area contributed by atoms with Crippen molar-refractivity contribution in [2.45, 2.75) is 18.5 Å². The van der Waals surface area contributed by atoms with E-state index in [1.54, 1.807) is 5.57 Å². The van der Waals surface area contributed by atoms with Crippen molar-refractivity contribution < 1.29 is 0 Å². The van der Waals surface area contributed by atoms with Gasteiger partial charge in [-0.3, -0.25) is 0 Å². The summed E-state index contributed by atoms with van der Waals surface area (Å²) in [4.78, 5) is 0. The van der Waals surface area contributed by atoms with Crippen LogP contribution < -0.4 is 0 Å². The Balaban J connectivity index is 2.19. The Labute approximate surface area is 81.8 Å². The summed E-state index contributed by atoms with van der Waals surface area (Å²) < 4.78 is 0. The largest absolute Gasteiger partial charge is 0.118 e. The normalized spacial score (nSPS) is 22.5. The zero-order valence-electron chi connectivity index (χ0n) is 7.96. The van der Waals surface area contributed by atoms with Crippen LogP contribution in [0, 0.1) is 0 Å². The van der Waals surface area contributed by atoms with Crippen LogP contribution in [0.15, 0.2) is 36.4 Å². The van der Waals surface area contributed by atoms with Crippen LogP contribution in [0.5, 0.6) is 0 Å². The van der Waals surface area contributed by atoms with Crippen LogP contribution in [0.3, 0.4) is 0 Å². The molecule has 2 unspecified atom stereocenters. The van der Waals surface area contributed by atoms with Gasteiger partial charge in [-0.15, -0.1) is 8.58 Å². The van der Waals surface area contributed by atoms with Crippen molar-refractivity contribution in [2.24, 2.45) is 0 Å². The lowest BCUT2D eigenvalue weighted by Crippen LogP contribution is -1.85. The van der Waals surface area contributed by atoms with E-state index in [0.29, 0.717) is 0 Å². The first kappa shape index (κ1) is 8.97. The molecule has 0 aliphatic heterocycles. The second-order valence-corrected chi connectivity index (χ2v) is 4.81. The van der Waals surface area contributed by atoms with Crippen LogP contribution in [0.25, 0.3) is 5.57 Å². The molecule has 0 amide bonds. The molecule has 1 aromatic rings. The van der Waals surface area contributed by atoms with Crippen molar-refractivity contribution in [3.05, 3.63) is 42.0 Å².